The van der Waals surface area contributed by atoms with Crippen LogP contribution in [0.15, 0.2) is 12.1 Å². The van der Waals surface area contributed by atoms with E-state index >= 15 is 0 Å². The van der Waals surface area contributed by atoms with Crippen LogP contribution in [0.2, 0.25) is 0 Å². The Kier molecular flexibility index (Phi) is 5.93. The van der Waals surface area contributed by atoms with Crippen LogP contribution in [0.1, 0.15) is 42.6 Å². The third kappa shape index (κ3) is 3.69. The molecule has 0 heterocycles. The van der Waals surface area contributed by atoms with Gasteiger partial charge in [0, 0.05) is 23.9 Å². The summed E-state index contributed by atoms with van der Waals surface area (Å²) in [5.41, 5.74) is -0.0892. The Labute approximate surface area is 123 Å². The van der Waals surface area contributed by atoms with Crippen molar-refractivity contribution >= 4 is 17.5 Å². The van der Waals surface area contributed by atoms with Gasteiger partial charge in [-0.15, -0.1) is 11.6 Å². The Balaban J connectivity index is 2.85. The van der Waals surface area contributed by atoms with Crippen molar-refractivity contribution in [3.63, 3.8) is 0 Å². The minimum atomic E-state index is -0.852. The third-order valence-corrected chi connectivity index (χ3v) is 4.47. The normalized spacial score (nSPS) is 11.5. The first-order valence-corrected chi connectivity index (χ1v) is 7.22. The summed E-state index contributed by atoms with van der Waals surface area (Å²) in [7, 11) is 0. The first-order chi connectivity index (χ1) is 9.39. The summed E-state index contributed by atoms with van der Waals surface area (Å²) in [5, 5.41) is 2.69. The summed E-state index contributed by atoms with van der Waals surface area (Å²) in [6.07, 6.45) is 1.64. The average molecular weight is 304 g/mol. The lowest BCUT2D eigenvalue weighted by molar-refractivity contribution is 0.0927. The number of benzene rings is 1. The molecule has 1 N–H and O–H groups in total. The second-order valence-electron chi connectivity index (χ2n) is 5.10. The van der Waals surface area contributed by atoms with E-state index in [-0.39, 0.29) is 16.5 Å². The highest BCUT2D eigenvalue weighted by atomic mass is 35.5. The molecular weight excluding hydrogens is 284 g/mol. The van der Waals surface area contributed by atoms with Gasteiger partial charge >= 0.3 is 0 Å². The molecule has 1 amide bonds. The van der Waals surface area contributed by atoms with Gasteiger partial charge in [0.2, 0.25) is 0 Å². The molecule has 0 saturated heterocycles. The molecule has 0 bridgehead atoms. The van der Waals surface area contributed by atoms with Gasteiger partial charge in [-0.05, 0) is 31.4 Å². The number of carbonyl (C=O) groups excluding carboxylic acids is 1. The minimum Gasteiger partial charge on any atom is -0.351 e. The van der Waals surface area contributed by atoms with Crippen LogP contribution in [0, 0.1) is 24.0 Å². The highest BCUT2D eigenvalue weighted by molar-refractivity contribution is 6.18. The summed E-state index contributed by atoms with van der Waals surface area (Å²) >= 11 is 5.96. The fraction of sp³-hybridized carbons (Fsp3) is 0.533. The monoisotopic (exact) mass is 303 g/mol. The van der Waals surface area contributed by atoms with Crippen LogP contribution < -0.4 is 5.32 Å². The maximum absolute atomic E-state index is 13.6. The zero-order chi connectivity index (χ0) is 15.3. The molecule has 1 rings (SSSR count). The molecule has 0 atom stereocenters. The Bertz CT molecular complexity index is 479. The maximum atomic E-state index is 13.6. The maximum Gasteiger partial charge on any atom is 0.254 e. The van der Waals surface area contributed by atoms with Crippen LogP contribution in [0.3, 0.4) is 0 Å². The van der Waals surface area contributed by atoms with Crippen molar-refractivity contribution in [1.29, 1.82) is 0 Å². The van der Waals surface area contributed by atoms with Crippen LogP contribution >= 0.6 is 11.6 Å². The molecule has 5 heteroatoms. The molecule has 1 aromatic carbocycles. The van der Waals surface area contributed by atoms with Crippen LogP contribution in [0.25, 0.3) is 0 Å². The van der Waals surface area contributed by atoms with E-state index in [4.69, 9.17) is 11.6 Å². The topological polar surface area (TPSA) is 29.1 Å². The van der Waals surface area contributed by atoms with E-state index < -0.39 is 17.5 Å². The molecule has 0 unspecified atom stereocenters. The molecule has 0 aromatic heterocycles. The molecule has 112 valence electrons. The van der Waals surface area contributed by atoms with E-state index in [9.17, 15) is 13.6 Å². The molecule has 0 aliphatic rings. The van der Waals surface area contributed by atoms with Gasteiger partial charge in [0.1, 0.15) is 11.6 Å². The number of hydrogen-bond donors (Lipinski definition) is 1. The second kappa shape index (κ2) is 7.02. The zero-order valence-electron chi connectivity index (χ0n) is 12.0. The lowest BCUT2D eigenvalue weighted by Crippen LogP contribution is -2.38. The van der Waals surface area contributed by atoms with Gasteiger partial charge in [-0.25, -0.2) is 8.78 Å². The smallest absolute Gasteiger partial charge is 0.254 e. The first-order valence-electron chi connectivity index (χ1n) is 6.69. The first kappa shape index (κ1) is 16.9. The lowest BCUT2D eigenvalue weighted by atomic mass is 9.84. The van der Waals surface area contributed by atoms with E-state index in [0.29, 0.717) is 12.4 Å². The molecular formula is C15H20ClF2NO. The number of carbonyl (C=O) groups is 1. The highest BCUT2D eigenvalue weighted by Gasteiger charge is 2.26. The summed E-state index contributed by atoms with van der Waals surface area (Å²) in [4.78, 5) is 12.0. The van der Waals surface area contributed by atoms with Crippen molar-refractivity contribution in [1.82, 2.24) is 5.32 Å². The molecule has 0 saturated carbocycles. The largest absolute Gasteiger partial charge is 0.351 e. The van der Waals surface area contributed by atoms with Gasteiger partial charge in [0.25, 0.3) is 5.91 Å². The van der Waals surface area contributed by atoms with E-state index in [2.05, 4.69) is 5.32 Å². The number of alkyl halides is 1. The molecule has 20 heavy (non-hydrogen) atoms. The van der Waals surface area contributed by atoms with Crippen molar-refractivity contribution in [3.05, 3.63) is 34.9 Å². The summed E-state index contributed by atoms with van der Waals surface area (Å²) < 4.78 is 26.8. The lowest BCUT2D eigenvalue weighted by Gasteiger charge is -2.29. The highest BCUT2D eigenvalue weighted by Crippen LogP contribution is 2.27. The Morgan fingerprint density at radius 2 is 1.85 bits per heavy atom. The van der Waals surface area contributed by atoms with Crippen molar-refractivity contribution < 1.29 is 13.6 Å². The van der Waals surface area contributed by atoms with Gasteiger partial charge in [0.15, 0.2) is 0 Å². The Morgan fingerprint density at radius 1 is 1.25 bits per heavy atom. The second-order valence-corrected chi connectivity index (χ2v) is 5.37. The minimum absolute atomic E-state index is 0.139. The number of aryl methyl sites for hydroxylation is 1. The van der Waals surface area contributed by atoms with Crippen molar-refractivity contribution in [3.8, 4) is 0 Å². The number of hydrogen-bond acceptors (Lipinski definition) is 1. The molecule has 2 nitrogen and oxygen atoms in total. The Morgan fingerprint density at radius 3 is 2.35 bits per heavy atom. The zero-order valence-corrected chi connectivity index (χ0v) is 12.8. The molecule has 0 spiro atoms. The predicted octanol–water partition coefficient (Wildman–Crippen LogP) is 4.05. The van der Waals surface area contributed by atoms with Gasteiger partial charge in [0.05, 0.1) is 5.56 Å². The Hall–Kier alpha value is -1.16. The van der Waals surface area contributed by atoms with E-state index in [0.717, 1.165) is 18.9 Å². The quantitative estimate of drug-likeness (QED) is 0.789. The van der Waals surface area contributed by atoms with Crippen LogP contribution in [0.5, 0.6) is 0 Å². The van der Waals surface area contributed by atoms with Gasteiger partial charge in [-0.2, -0.15) is 0 Å². The van der Waals surface area contributed by atoms with Crippen LogP contribution in [-0.2, 0) is 0 Å². The third-order valence-electron chi connectivity index (χ3n) is 3.90. The summed E-state index contributed by atoms with van der Waals surface area (Å²) in [6.45, 7) is 5.87. The van der Waals surface area contributed by atoms with Crippen molar-refractivity contribution in [2.75, 3.05) is 12.4 Å². The number of nitrogens with one attached hydrogen (secondary N) is 1. The summed E-state index contributed by atoms with van der Waals surface area (Å²) in [6, 6.07) is 1.96. The van der Waals surface area contributed by atoms with Gasteiger partial charge in [-0.1, -0.05) is 13.8 Å². The van der Waals surface area contributed by atoms with Crippen LogP contribution in [0.4, 0.5) is 8.78 Å². The van der Waals surface area contributed by atoms with Crippen molar-refractivity contribution in [2.45, 2.75) is 33.6 Å². The standard InChI is InChI=1S/C15H20ClF2NO/c1-4-15(5-2,8-16)9-19-14(20)11-6-10(3)12(17)7-13(11)18/h6-7H,4-5,8-9H2,1-3H3,(H,19,20). The SMILES string of the molecule is CCC(CC)(CCl)CNC(=O)c1cc(C)c(F)cc1F. The molecule has 0 fully saturated rings. The molecule has 0 aliphatic carbocycles. The van der Waals surface area contributed by atoms with Gasteiger partial charge in [-0.3, -0.25) is 4.79 Å². The van der Waals surface area contributed by atoms with E-state index in [1.54, 1.807) is 0 Å². The predicted molar refractivity (Wildman–Crippen MR) is 77.2 cm³/mol. The van der Waals surface area contributed by atoms with E-state index in [1.165, 1.54) is 13.0 Å². The fourth-order valence-electron chi connectivity index (χ4n) is 1.93. The van der Waals surface area contributed by atoms with Crippen molar-refractivity contribution in [2.24, 2.45) is 5.41 Å². The van der Waals surface area contributed by atoms with Gasteiger partial charge < -0.3 is 5.32 Å². The average Bonchev–Trinajstić information content (AvgIpc) is 2.44. The molecule has 1 aromatic rings. The molecule has 0 aliphatic heterocycles. The molecule has 0 radical (unpaired) electrons. The number of amides is 1. The summed E-state index contributed by atoms with van der Waals surface area (Å²) in [5.74, 6) is -1.63. The number of rotatable bonds is 6. The van der Waals surface area contributed by atoms with E-state index in [1.807, 2.05) is 13.8 Å². The fourth-order valence-corrected chi connectivity index (χ4v) is 2.40. The number of halogens is 3. The van der Waals surface area contributed by atoms with Crippen LogP contribution in [-0.4, -0.2) is 18.3 Å².